The lowest BCUT2D eigenvalue weighted by atomic mass is 9.85. The molecule has 1 atom stereocenters. The Morgan fingerprint density at radius 2 is 2.40 bits per heavy atom. The highest BCUT2D eigenvalue weighted by atomic mass is 79.9. The molecule has 0 aliphatic rings. The number of pyridine rings is 1. The maximum atomic E-state index is 11.0. The van der Waals surface area contributed by atoms with Crippen LogP contribution in [0.4, 0.5) is 0 Å². The average Bonchev–Trinajstić information content (AvgIpc) is 2.21. The van der Waals surface area contributed by atoms with Crippen molar-refractivity contribution in [3.05, 3.63) is 41.2 Å². The van der Waals surface area contributed by atoms with Crippen LogP contribution in [0.15, 0.2) is 35.5 Å². The lowest BCUT2D eigenvalue weighted by molar-refractivity contribution is -0.145. The molecule has 1 N–H and O–H groups in total. The highest BCUT2D eigenvalue weighted by Gasteiger charge is 2.30. The predicted molar refractivity (Wildman–Crippen MR) is 61.6 cm³/mol. The van der Waals surface area contributed by atoms with Crippen LogP contribution in [0.3, 0.4) is 0 Å². The third-order valence-electron chi connectivity index (χ3n) is 2.28. The van der Waals surface area contributed by atoms with Gasteiger partial charge in [0.2, 0.25) is 0 Å². The van der Waals surface area contributed by atoms with Crippen LogP contribution in [0.2, 0.25) is 0 Å². The number of carboxylic acid groups (broad SMARTS) is 1. The zero-order valence-electron chi connectivity index (χ0n) is 8.40. The second-order valence-corrected chi connectivity index (χ2v) is 4.49. The SMILES string of the molecule is C=CC(C)(Cc1ccc(Br)cn1)C(=O)O. The monoisotopic (exact) mass is 269 g/mol. The van der Waals surface area contributed by atoms with Crippen LogP contribution in [-0.4, -0.2) is 16.1 Å². The summed E-state index contributed by atoms with van der Waals surface area (Å²) in [5.74, 6) is -0.887. The first-order chi connectivity index (χ1) is 6.98. The quantitative estimate of drug-likeness (QED) is 0.856. The zero-order chi connectivity index (χ0) is 11.5. The molecule has 4 heteroatoms. The molecule has 0 saturated carbocycles. The van der Waals surface area contributed by atoms with E-state index in [2.05, 4.69) is 27.5 Å². The molecule has 0 fully saturated rings. The summed E-state index contributed by atoms with van der Waals surface area (Å²) in [5, 5.41) is 9.04. The van der Waals surface area contributed by atoms with Crippen molar-refractivity contribution in [3.8, 4) is 0 Å². The highest BCUT2D eigenvalue weighted by Crippen LogP contribution is 2.23. The minimum atomic E-state index is -0.958. The van der Waals surface area contributed by atoms with Gasteiger partial charge in [-0.25, -0.2) is 0 Å². The second-order valence-electron chi connectivity index (χ2n) is 3.57. The molecule has 0 saturated heterocycles. The fourth-order valence-electron chi connectivity index (χ4n) is 1.12. The molecular weight excluding hydrogens is 258 g/mol. The lowest BCUT2D eigenvalue weighted by Gasteiger charge is -2.19. The zero-order valence-corrected chi connectivity index (χ0v) is 9.99. The standard InChI is InChI=1S/C11H12BrNO2/c1-3-11(2,10(14)15)6-9-5-4-8(12)7-13-9/h3-5,7H,1,6H2,2H3,(H,14,15). The molecule has 80 valence electrons. The van der Waals surface area contributed by atoms with Crippen LogP contribution in [0.5, 0.6) is 0 Å². The number of halogens is 1. The van der Waals surface area contributed by atoms with Crippen molar-refractivity contribution in [3.63, 3.8) is 0 Å². The van der Waals surface area contributed by atoms with Crippen molar-refractivity contribution in [2.45, 2.75) is 13.3 Å². The van der Waals surface area contributed by atoms with Gasteiger partial charge in [-0.05, 0) is 35.0 Å². The maximum absolute atomic E-state index is 11.0. The molecule has 1 aromatic rings. The van der Waals surface area contributed by atoms with Crippen molar-refractivity contribution in [2.24, 2.45) is 5.41 Å². The Bertz CT molecular complexity index is 375. The van der Waals surface area contributed by atoms with Crippen LogP contribution in [0.1, 0.15) is 12.6 Å². The number of rotatable bonds is 4. The number of nitrogens with zero attached hydrogens (tertiary/aromatic N) is 1. The third kappa shape index (κ3) is 2.89. The first-order valence-electron chi connectivity index (χ1n) is 4.45. The number of aliphatic carboxylic acids is 1. The van der Waals surface area contributed by atoms with Crippen LogP contribution < -0.4 is 0 Å². The molecule has 0 amide bonds. The highest BCUT2D eigenvalue weighted by molar-refractivity contribution is 9.10. The summed E-state index contributed by atoms with van der Waals surface area (Å²) >= 11 is 3.27. The predicted octanol–water partition coefficient (Wildman–Crippen LogP) is 2.66. The van der Waals surface area contributed by atoms with Gasteiger partial charge in [-0.15, -0.1) is 6.58 Å². The molecule has 0 aliphatic heterocycles. The fourth-order valence-corrected chi connectivity index (χ4v) is 1.36. The van der Waals surface area contributed by atoms with Crippen LogP contribution in [0.25, 0.3) is 0 Å². The van der Waals surface area contributed by atoms with Gasteiger partial charge in [0.1, 0.15) is 0 Å². The molecule has 1 heterocycles. The van der Waals surface area contributed by atoms with Crippen molar-refractivity contribution >= 4 is 21.9 Å². The fraction of sp³-hybridized carbons (Fsp3) is 0.273. The van der Waals surface area contributed by atoms with Gasteiger partial charge in [-0.2, -0.15) is 0 Å². The van der Waals surface area contributed by atoms with E-state index in [-0.39, 0.29) is 0 Å². The summed E-state index contributed by atoms with van der Waals surface area (Å²) in [7, 11) is 0. The lowest BCUT2D eigenvalue weighted by Crippen LogP contribution is -2.27. The average molecular weight is 270 g/mol. The van der Waals surface area contributed by atoms with Gasteiger partial charge in [0.25, 0.3) is 0 Å². The molecule has 0 bridgehead atoms. The molecular formula is C11H12BrNO2. The topological polar surface area (TPSA) is 50.2 Å². The van der Waals surface area contributed by atoms with E-state index in [4.69, 9.17) is 5.11 Å². The Morgan fingerprint density at radius 1 is 1.73 bits per heavy atom. The number of carboxylic acids is 1. The Kier molecular flexibility index (Phi) is 3.63. The minimum absolute atomic E-state index is 0.346. The Labute approximate surface area is 97.0 Å². The second kappa shape index (κ2) is 4.57. The minimum Gasteiger partial charge on any atom is -0.481 e. The van der Waals surface area contributed by atoms with E-state index in [0.29, 0.717) is 6.42 Å². The van der Waals surface area contributed by atoms with Gasteiger partial charge in [0.15, 0.2) is 0 Å². The number of hydrogen-bond donors (Lipinski definition) is 1. The molecule has 3 nitrogen and oxygen atoms in total. The van der Waals surface area contributed by atoms with Crippen molar-refractivity contribution in [1.29, 1.82) is 0 Å². The van der Waals surface area contributed by atoms with Gasteiger partial charge in [0, 0.05) is 22.8 Å². The molecule has 0 spiro atoms. The van der Waals surface area contributed by atoms with Crippen LogP contribution >= 0.6 is 15.9 Å². The summed E-state index contributed by atoms with van der Waals surface area (Å²) in [6, 6.07) is 3.64. The van der Waals surface area contributed by atoms with E-state index in [1.165, 1.54) is 6.08 Å². The Hall–Kier alpha value is -1.16. The van der Waals surface area contributed by atoms with Crippen molar-refractivity contribution in [1.82, 2.24) is 4.98 Å². The maximum Gasteiger partial charge on any atom is 0.313 e. The number of hydrogen-bond acceptors (Lipinski definition) is 2. The first kappa shape index (κ1) is 11.9. The number of carbonyl (C=O) groups is 1. The summed E-state index contributed by atoms with van der Waals surface area (Å²) in [6.45, 7) is 5.18. The number of aromatic nitrogens is 1. The van der Waals surface area contributed by atoms with E-state index in [0.717, 1.165) is 10.2 Å². The Balaban J connectivity index is 2.89. The summed E-state index contributed by atoms with van der Waals surface area (Å²) < 4.78 is 0.877. The van der Waals surface area contributed by atoms with Crippen LogP contribution in [0, 0.1) is 5.41 Å². The van der Waals surface area contributed by atoms with Crippen molar-refractivity contribution in [2.75, 3.05) is 0 Å². The largest absolute Gasteiger partial charge is 0.481 e. The molecule has 0 radical (unpaired) electrons. The van der Waals surface area contributed by atoms with Gasteiger partial charge in [-0.3, -0.25) is 9.78 Å². The summed E-state index contributed by atoms with van der Waals surface area (Å²) in [5.41, 5.74) is -0.219. The molecule has 0 aromatic carbocycles. The van der Waals surface area contributed by atoms with E-state index in [9.17, 15) is 4.79 Å². The van der Waals surface area contributed by atoms with Gasteiger partial charge in [-0.1, -0.05) is 6.08 Å². The van der Waals surface area contributed by atoms with Gasteiger partial charge < -0.3 is 5.11 Å². The third-order valence-corrected chi connectivity index (χ3v) is 2.75. The molecule has 15 heavy (non-hydrogen) atoms. The molecule has 1 rings (SSSR count). The molecule has 1 aromatic heterocycles. The van der Waals surface area contributed by atoms with E-state index in [1.807, 2.05) is 6.07 Å². The summed E-state index contributed by atoms with van der Waals surface area (Å²) in [6.07, 6.45) is 3.44. The van der Waals surface area contributed by atoms with E-state index < -0.39 is 11.4 Å². The van der Waals surface area contributed by atoms with E-state index in [1.54, 1.807) is 19.2 Å². The molecule has 1 unspecified atom stereocenters. The van der Waals surface area contributed by atoms with E-state index >= 15 is 0 Å². The van der Waals surface area contributed by atoms with Gasteiger partial charge >= 0.3 is 5.97 Å². The summed E-state index contributed by atoms with van der Waals surface area (Å²) in [4.78, 5) is 15.2. The smallest absolute Gasteiger partial charge is 0.313 e. The molecule has 0 aliphatic carbocycles. The van der Waals surface area contributed by atoms with Crippen LogP contribution in [-0.2, 0) is 11.2 Å². The van der Waals surface area contributed by atoms with Gasteiger partial charge in [0.05, 0.1) is 5.41 Å². The van der Waals surface area contributed by atoms with Crippen molar-refractivity contribution < 1.29 is 9.90 Å². The first-order valence-corrected chi connectivity index (χ1v) is 5.24. The Morgan fingerprint density at radius 3 is 2.80 bits per heavy atom. The normalized spacial score (nSPS) is 14.3.